The van der Waals surface area contributed by atoms with Gasteiger partial charge in [-0.2, -0.15) is 5.21 Å². The highest BCUT2D eigenvalue weighted by atomic mass is 32.2. The van der Waals surface area contributed by atoms with Gasteiger partial charge >= 0.3 is 0 Å². The molecule has 2 aromatic carbocycles. The van der Waals surface area contributed by atoms with E-state index in [1.165, 1.54) is 5.56 Å². The maximum absolute atomic E-state index is 13.5. The van der Waals surface area contributed by atoms with E-state index in [0.717, 1.165) is 55.5 Å². The van der Waals surface area contributed by atoms with E-state index >= 15 is 0 Å². The number of benzene rings is 2. The van der Waals surface area contributed by atoms with E-state index in [2.05, 4.69) is 70.4 Å². The summed E-state index contributed by atoms with van der Waals surface area (Å²) in [6.07, 6.45) is 10.2. The quantitative estimate of drug-likeness (QED) is 0.273. The van der Waals surface area contributed by atoms with Crippen molar-refractivity contribution in [3.63, 3.8) is 0 Å². The summed E-state index contributed by atoms with van der Waals surface area (Å²) in [6.45, 7) is 6.67. The number of tetrazole rings is 1. The molecular weight excluding hydrogens is 482 g/mol. The number of aryl methyl sites for hydroxylation is 2. The molecule has 3 fully saturated rings. The van der Waals surface area contributed by atoms with E-state index < -0.39 is 10.0 Å². The normalized spacial score (nSPS) is 24.7. The van der Waals surface area contributed by atoms with Crippen molar-refractivity contribution in [1.29, 1.82) is 0 Å². The maximum Gasteiger partial charge on any atom is 0.240 e. The molecule has 0 aliphatic heterocycles. The molecular formula is C29H37N5O2S. The molecule has 7 nitrogen and oxygen atoms in total. The highest BCUT2D eigenvalue weighted by Gasteiger charge is 2.58. The van der Waals surface area contributed by atoms with Crippen LogP contribution in [0.15, 0.2) is 65.6 Å². The Labute approximate surface area is 220 Å². The second-order valence-corrected chi connectivity index (χ2v) is 13.0. The van der Waals surface area contributed by atoms with Crippen molar-refractivity contribution in [2.45, 2.75) is 70.2 Å². The Hall–Kier alpha value is -2.84. The van der Waals surface area contributed by atoms with Crippen molar-refractivity contribution in [2.24, 2.45) is 23.2 Å². The Morgan fingerprint density at radius 1 is 1.08 bits per heavy atom. The molecule has 6 rings (SSSR count). The molecule has 1 heterocycles. The van der Waals surface area contributed by atoms with Gasteiger partial charge in [0.2, 0.25) is 10.0 Å². The average molecular weight is 520 g/mol. The zero-order chi connectivity index (χ0) is 26.0. The van der Waals surface area contributed by atoms with Gasteiger partial charge < -0.3 is 0 Å². The number of allylic oxidation sites excluding steroid dienone is 2. The van der Waals surface area contributed by atoms with Crippen LogP contribution in [0.25, 0.3) is 11.1 Å². The van der Waals surface area contributed by atoms with Crippen molar-refractivity contribution in [3.8, 4) is 11.1 Å². The fraction of sp³-hybridized carbons (Fsp3) is 0.483. The standard InChI is InChI=1S/C29H37N5O2S/c1-20-10-8-9-12-25(20)21-14-16-24(17-15-21)37(35,36)32-28-22(18-23-19-26(28)29(23,2)3)11-6-4-5-7-13-27-30-33-34-31-27/h4,6,8-10,12,14-17,22-23,26,28,32H,5,7,11,13,18-19H2,1-3H3,(H,30,31,33,34)/t22-,23-,26+,28+/m0/s1. The second kappa shape index (κ2) is 10.5. The van der Waals surface area contributed by atoms with Crippen LogP contribution in [0.2, 0.25) is 0 Å². The smallest absolute Gasteiger partial charge is 0.207 e. The number of unbranched alkanes of at least 4 members (excludes halogenated alkanes) is 1. The monoisotopic (exact) mass is 519 g/mol. The van der Waals surface area contributed by atoms with Gasteiger partial charge in [-0.3, -0.25) is 0 Å². The highest BCUT2D eigenvalue weighted by molar-refractivity contribution is 7.89. The van der Waals surface area contributed by atoms with Gasteiger partial charge in [0.25, 0.3) is 0 Å². The lowest BCUT2D eigenvalue weighted by Crippen LogP contribution is -2.63. The molecule has 0 radical (unpaired) electrons. The fourth-order valence-electron chi connectivity index (χ4n) is 6.34. The molecule has 3 aromatic rings. The van der Waals surface area contributed by atoms with Crippen LogP contribution in [-0.4, -0.2) is 35.1 Å². The SMILES string of the molecule is Cc1ccccc1-c1ccc(S(=O)(=O)N[C@@H]2[C@@H](CC=CCCCc3nn[nH]n3)C[C@H]3C[C@H]2C3(C)C)cc1. The number of aromatic nitrogens is 4. The first kappa shape index (κ1) is 25.8. The molecule has 1 aromatic heterocycles. The highest BCUT2D eigenvalue weighted by Crippen LogP contribution is 2.61. The van der Waals surface area contributed by atoms with E-state index in [4.69, 9.17) is 0 Å². The average Bonchev–Trinajstić information content (AvgIpc) is 3.40. The lowest BCUT2D eigenvalue weighted by molar-refractivity contribution is -0.108. The summed E-state index contributed by atoms with van der Waals surface area (Å²) in [5, 5.41) is 14.1. The number of nitrogens with one attached hydrogen (secondary N) is 2. The summed E-state index contributed by atoms with van der Waals surface area (Å²) in [5.41, 5.74) is 3.50. The molecule has 3 saturated carbocycles. The van der Waals surface area contributed by atoms with Crippen LogP contribution in [-0.2, 0) is 16.4 Å². The first-order valence-electron chi connectivity index (χ1n) is 13.3. The summed E-state index contributed by atoms with van der Waals surface area (Å²) in [6, 6.07) is 15.4. The minimum Gasteiger partial charge on any atom is -0.207 e. The van der Waals surface area contributed by atoms with Crippen molar-refractivity contribution >= 4 is 10.0 Å². The van der Waals surface area contributed by atoms with Crippen LogP contribution >= 0.6 is 0 Å². The zero-order valence-corrected chi connectivity index (χ0v) is 22.7. The van der Waals surface area contributed by atoms with Crippen LogP contribution in [0.4, 0.5) is 0 Å². The minimum absolute atomic E-state index is 0.0509. The molecule has 37 heavy (non-hydrogen) atoms. The minimum atomic E-state index is -3.62. The molecule has 3 aliphatic rings. The van der Waals surface area contributed by atoms with Gasteiger partial charge in [0.05, 0.1) is 4.90 Å². The van der Waals surface area contributed by atoms with Gasteiger partial charge in [0.15, 0.2) is 5.82 Å². The molecule has 196 valence electrons. The van der Waals surface area contributed by atoms with Gasteiger partial charge in [-0.25, -0.2) is 13.1 Å². The predicted molar refractivity (Wildman–Crippen MR) is 145 cm³/mol. The van der Waals surface area contributed by atoms with E-state index in [-0.39, 0.29) is 11.5 Å². The van der Waals surface area contributed by atoms with Gasteiger partial charge in [0.1, 0.15) is 0 Å². The summed E-state index contributed by atoms with van der Waals surface area (Å²) in [5.74, 6) is 2.09. The van der Waals surface area contributed by atoms with Gasteiger partial charge in [-0.1, -0.05) is 67.6 Å². The number of sulfonamides is 1. The van der Waals surface area contributed by atoms with E-state index in [9.17, 15) is 8.42 Å². The van der Waals surface area contributed by atoms with Crippen LogP contribution in [0, 0.1) is 30.1 Å². The first-order valence-corrected chi connectivity index (χ1v) is 14.8. The number of aromatic amines is 1. The van der Waals surface area contributed by atoms with Crippen molar-refractivity contribution < 1.29 is 8.42 Å². The third kappa shape index (κ3) is 5.41. The Balaban J connectivity index is 1.25. The number of nitrogens with zero attached hydrogens (tertiary/aromatic N) is 3. The molecule has 2 bridgehead atoms. The Morgan fingerprint density at radius 2 is 1.86 bits per heavy atom. The molecule has 8 heteroatoms. The Bertz CT molecular complexity index is 1330. The Morgan fingerprint density at radius 3 is 2.57 bits per heavy atom. The summed E-state index contributed by atoms with van der Waals surface area (Å²) in [4.78, 5) is 0.333. The molecule has 0 spiro atoms. The lowest BCUT2D eigenvalue weighted by atomic mass is 9.45. The largest absolute Gasteiger partial charge is 0.240 e. The summed E-state index contributed by atoms with van der Waals surface area (Å²) >= 11 is 0. The van der Waals surface area contributed by atoms with Crippen LogP contribution < -0.4 is 4.72 Å². The van der Waals surface area contributed by atoms with Gasteiger partial charge in [-0.15, -0.1) is 10.2 Å². The topological polar surface area (TPSA) is 101 Å². The summed E-state index contributed by atoms with van der Waals surface area (Å²) < 4.78 is 30.2. The first-order chi connectivity index (χ1) is 17.8. The molecule has 0 saturated heterocycles. The number of fused-ring (bicyclic) bond motifs is 2. The van der Waals surface area contributed by atoms with Gasteiger partial charge in [0, 0.05) is 12.5 Å². The third-order valence-electron chi connectivity index (χ3n) is 8.75. The number of H-pyrrole nitrogens is 1. The third-order valence-corrected chi connectivity index (χ3v) is 10.2. The van der Waals surface area contributed by atoms with E-state index in [1.807, 2.05) is 24.3 Å². The van der Waals surface area contributed by atoms with E-state index in [1.54, 1.807) is 12.1 Å². The zero-order valence-electron chi connectivity index (χ0n) is 21.9. The van der Waals surface area contributed by atoms with Gasteiger partial charge in [-0.05, 0) is 91.0 Å². The Kier molecular flexibility index (Phi) is 7.32. The number of hydrogen-bond donors (Lipinski definition) is 2. The lowest BCUT2D eigenvalue weighted by Gasteiger charge is -2.62. The van der Waals surface area contributed by atoms with Crippen LogP contribution in [0.5, 0.6) is 0 Å². The molecule has 0 unspecified atom stereocenters. The van der Waals surface area contributed by atoms with Crippen molar-refractivity contribution in [1.82, 2.24) is 25.3 Å². The van der Waals surface area contributed by atoms with Crippen LogP contribution in [0.1, 0.15) is 57.3 Å². The van der Waals surface area contributed by atoms with E-state index in [0.29, 0.717) is 22.6 Å². The second-order valence-electron chi connectivity index (χ2n) is 11.3. The molecule has 3 aliphatic carbocycles. The predicted octanol–water partition coefficient (Wildman–Crippen LogP) is 5.47. The van der Waals surface area contributed by atoms with Crippen LogP contribution in [0.3, 0.4) is 0 Å². The van der Waals surface area contributed by atoms with Crippen molar-refractivity contribution in [3.05, 3.63) is 72.1 Å². The number of rotatable bonds is 10. The molecule has 4 atom stereocenters. The fourth-order valence-corrected chi connectivity index (χ4v) is 7.69. The maximum atomic E-state index is 13.5. The molecule has 0 amide bonds. The van der Waals surface area contributed by atoms with Crippen molar-refractivity contribution in [2.75, 3.05) is 0 Å². The molecule has 2 N–H and O–H groups in total. The number of hydrogen-bond acceptors (Lipinski definition) is 5. The summed E-state index contributed by atoms with van der Waals surface area (Å²) in [7, 11) is -3.62.